The van der Waals surface area contributed by atoms with Crippen LogP contribution in [0.2, 0.25) is 0 Å². The molecule has 13 heavy (non-hydrogen) atoms. The third-order valence-electron chi connectivity index (χ3n) is 2.78. The zero-order valence-corrected chi connectivity index (χ0v) is 7.95. The number of ether oxygens (including phenoxy) is 1. The molecule has 1 saturated heterocycles. The quantitative estimate of drug-likeness (QED) is 0.594. The van der Waals surface area contributed by atoms with Gasteiger partial charge in [0.2, 0.25) is 0 Å². The van der Waals surface area contributed by atoms with E-state index < -0.39 is 0 Å². The lowest BCUT2D eigenvalue weighted by molar-refractivity contribution is -0.138. The van der Waals surface area contributed by atoms with Gasteiger partial charge in [-0.25, -0.2) is 4.79 Å². The van der Waals surface area contributed by atoms with Gasteiger partial charge in [0.1, 0.15) is 0 Å². The average Bonchev–Trinajstić information content (AvgIpc) is 2.62. The smallest absolute Gasteiger partial charge is 0.335 e. The Balaban J connectivity index is 2.03. The number of hydrogen-bond acceptors (Lipinski definition) is 3. The summed E-state index contributed by atoms with van der Waals surface area (Å²) >= 11 is 0. The summed E-state index contributed by atoms with van der Waals surface area (Å²) in [5.41, 5.74) is 0.888. The molecular weight excluding hydrogens is 166 g/mol. The molecule has 0 unspecified atom stereocenters. The van der Waals surface area contributed by atoms with E-state index in [1.54, 1.807) is 0 Å². The largest absolute Gasteiger partial charge is 0.463 e. The first-order valence-corrected chi connectivity index (χ1v) is 4.94. The second-order valence-electron chi connectivity index (χ2n) is 3.53. The van der Waals surface area contributed by atoms with E-state index in [0.717, 1.165) is 25.1 Å². The number of carbonyl (C=O) groups excluding carboxylic acids is 1. The number of nitrogens with zero attached hydrogens (tertiary/aromatic N) is 1. The van der Waals surface area contributed by atoms with Crippen LogP contribution in [0.25, 0.3) is 0 Å². The lowest BCUT2D eigenvalue weighted by Crippen LogP contribution is -2.27. The second kappa shape index (κ2) is 3.50. The van der Waals surface area contributed by atoms with Crippen LogP contribution in [0.1, 0.15) is 19.8 Å². The van der Waals surface area contributed by atoms with Gasteiger partial charge in [0.25, 0.3) is 0 Å². The van der Waals surface area contributed by atoms with Crippen molar-refractivity contribution in [3.63, 3.8) is 0 Å². The minimum Gasteiger partial charge on any atom is -0.463 e. The van der Waals surface area contributed by atoms with Crippen molar-refractivity contribution in [3.8, 4) is 0 Å². The van der Waals surface area contributed by atoms with Gasteiger partial charge in [0.05, 0.1) is 12.2 Å². The summed E-state index contributed by atoms with van der Waals surface area (Å²) in [6.45, 7) is 4.38. The highest BCUT2D eigenvalue weighted by molar-refractivity contribution is 5.90. The summed E-state index contributed by atoms with van der Waals surface area (Å²) in [6, 6.07) is 0.360. The summed E-state index contributed by atoms with van der Waals surface area (Å²) in [5.74, 6) is -0.114. The molecule has 72 valence electrons. The zero-order chi connectivity index (χ0) is 9.26. The molecule has 0 N–H and O–H groups in total. The molecular formula is C10H15NO2. The Labute approximate surface area is 78.4 Å². The summed E-state index contributed by atoms with van der Waals surface area (Å²) in [5, 5.41) is 0. The van der Waals surface area contributed by atoms with E-state index >= 15 is 0 Å². The maximum Gasteiger partial charge on any atom is 0.335 e. The maximum atomic E-state index is 11.5. The zero-order valence-electron chi connectivity index (χ0n) is 7.95. The fourth-order valence-electron chi connectivity index (χ4n) is 2.18. The Morgan fingerprint density at radius 3 is 3.38 bits per heavy atom. The van der Waals surface area contributed by atoms with Gasteiger partial charge < -0.3 is 4.74 Å². The Kier molecular flexibility index (Phi) is 2.36. The predicted molar refractivity (Wildman–Crippen MR) is 49.3 cm³/mol. The summed E-state index contributed by atoms with van der Waals surface area (Å²) in [7, 11) is 0. The predicted octanol–water partition coefficient (Wildman–Crippen LogP) is 0.954. The number of carbonyl (C=O) groups is 1. The van der Waals surface area contributed by atoms with Crippen LogP contribution in [0.3, 0.4) is 0 Å². The molecule has 2 rings (SSSR count). The van der Waals surface area contributed by atoms with E-state index in [4.69, 9.17) is 4.74 Å². The molecule has 0 amide bonds. The summed E-state index contributed by atoms with van der Waals surface area (Å²) in [6.07, 6.45) is 4.34. The van der Waals surface area contributed by atoms with Crippen molar-refractivity contribution < 1.29 is 9.53 Å². The lowest BCUT2D eigenvalue weighted by Gasteiger charge is -2.16. The third-order valence-corrected chi connectivity index (χ3v) is 2.78. The van der Waals surface area contributed by atoms with Crippen LogP contribution in [0.4, 0.5) is 0 Å². The maximum absolute atomic E-state index is 11.5. The molecule has 3 nitrogen and oxygen atoms in total. The van der Waals surface area contributed by atoms with Crippen molar-refractivity contribution in [2.24, 2.45) is 0 Å². The lowest BCUT2D eigenvalue weighted by atomic mass is 10.1. The Bertz CT molecular complexity index is 247. The molecule has 2 heterocycles. The molecule has 0 aromatic rings. The molecule has 0 aromatic heterocycles. The van der Waals surface area contributed by atoms with Gasteiger partial charge in [-0.05, 0) is 26.3 Å². The standard InChI is InChI=1S/C10H15NO2/c1-2-13-10(12)8-5-7-11-6-3-4-9(8)11/h5,9H,2-4,6-7H2,1H3/t9-/m0/s1. The molecule has 3 heteroatoms. The van der Waals surface area contributed by atoms with Crippen LogP contribution in [0.5, 0.6) is 0 Å². The first-order chi connectivity index (χ1) is 6.33. The molecule has 0 bridgehead atoms. The molecule has 0 aliphatic carbocycles. The van der Waals surface area contributed by atoms with Gasteiger partial charge in [-0.3, -0.25) is 4.90 Å². The molecule has 0 radical (unpaired) electrons. The van der Waals surface area contributed by atoms with E-state index in [9.17, 15) is 4.79 Å². The highest BCUT2D eigenvalue weighted by atomic mass is 16.5. The fraction of sp³-hybridized carbons (Fsp3) is 0.700. The number of fused-ring (bicyclic) bond motifs is 1. The molecule has 0 spiro atoms. The molecule has 2 aliphatic rings. The van der Waals surface area contributed by atoms with Crippen LogP contribution in [-0.2, 0) is 9.53 Å². The average molecular weight is 181 g/mol. The second-order valence-corrected chi connectivity index (χ2v) is 3.53. The first kappa shape index (κ1) is 8.75. The van der Waals surface area contributed by atoms with Gasteiger partial charge in [-0.15, -0.1) is 0 Å². The highest BCUT2D eigenvalue weighted by Crippen LogP contribution is 2.28. The molecule has 0 saturated carbocycles. The summed E-state index contributed by atoms with van der Waals surface area (Å²) in [4.78, 5) is 13.8. The SMILES string of the molecule is CCOC(=O)C1=CCN2CCC[C@@H]12. The van der Waals surface area contributed by atoms with Crippen LogP contribution < -0.4 is 0 Å². The molecule has 1 atom stereocenters. The van der Waals surface area contributed by atoms with Crippen molar-refractivity contribution in [1.29, 1.82) is 0 Å². The van der Waals surface area contributed by atoms with Gasteiger partial charge in [-0.2, -0.15) is 0 Å². The number of rotatable bonds is 2. The fourth-order valence-corrected chi connectivity index (χ4v) is 2.18. The number of hydrogen-bond donors (Lipinski definition) is 0. The van der Waals surface area contributed by atoms with E-state index in [2.05, 4.69) is 4.90 Å². The van der Waals surface area contributed by atoms with Gasteiger partial charge >= 0.3 is 5.97 Å². The van der Waals surface area contributed by atoms with Crippen LogP contribution in [-0.4, -0.2) is 36.6 Å². The summed E-state index contributed by atoms with van der Waals surface area (Å²) < 4.78 is 5.00. The van der Waals surface area contributed by atoms with Crippen LogP contribution in [0, 0.1) is 0 Å². The topological polar surface area (TPSA) is 29.5 Å². The minimum atomic E-state index is -0.114. The minimum absolute atomic E-state index is 0.114. The Morgan fingerprint density at radius 2 is 2.62 bits per heavy atom. The van der Waals surface area contributed by atoms with Crippen molar-refractivity contribution >= 4 is 5.97 Å². The monoisotopic (exact) mass is 181 g/mol. The Morgan fingerprint density at radius 1 is 1.77 bits per heavy atom. The van der Waals surface area contributed by atoms with Crippen LogP contribution in [0.15, 0.2) is 11.6 Å². The van der Waals surface area contributed by atoms with Gasteiger partial charge in [0.15, 0.2) is 0 Å². The molecule has 2 aliphatic heterocycles. The van der Waals surface area contributed by atoms with E-state index in [1.165, 1.54) is 6.42 Å². The third kappa shape index (κ3) is 1.48. The van der Waals surface area contributed by atoms with Gasteiger partial charge in [0, 0.05) is 12.6 Å². The van der Waals surface area contributed by atoms with Crippen molar-refractivity contribution in [1.82, 2.24) is 4.90 Å². The molecule has 0 aromatic carbocycles. The van der Waals surface area contributed by atoms with E-state index in [-0.39, 0.29) is 5.97 Å². The van der Waals surface area contributed by atoms with Gasteiger partial charge in [-0.1, -0.05) is 6.08 Å². The molecule has 1 fully saturated rings. The number of esters is 1. The van der Waals surface area contributed by atoms with Crippen molar-refractivity contribution in [2.45, 2.75) is 25.8 Å². The normalized spacial score (nSPS) is 27.2. The van der Waals surface area contributed by atoms with E-state index in [1.807, 2.05) is 13.0 Å². The first-order valence-electron chi connectivity index (χ1n) is 4.94. The Hall–Kier alpha value is -0.830. The highest BCUT2D eigenvalue weighted by Gasteiger charge is 2.35. The van der Waals surface area contributed by atoms with Crippen molar-refractivity contribution in [2.75, 3.05) is 19.7 Å². The van der Waals surface area contributed by atoms with Crippen LogP contribution >= 0.6 is 0 Å². The van der Waals surface area contributed by atoms with E-state index in [0.29, 0.717) is 12.6 Å². The van der Waals surface area contributed by atoms with Crippen molar-refractivity contribution in [3.05, 3.63) is 11.6 Å².